The third-order valence-corrected chi connectivity index (χ3v) is 5.45. The van der Waals surface area contributed by atoms with Gasteiger partial charge in [-0.15, -0.1) is 0 Å². The number of azide groups is 1. The first-order valence-corrected chi connectivity index (χ1v) is 9.46. The maximum Gasteiger partial charge on any atom is 0.119 e. The number of rotatable bonds is 7. The number of hydrogen-bond donors (Lipinski definition) is 2. The molecule has 0 spiro atoms. The van der Waals surface area contributed by atoms with E-state index in [-0.39, 0.29) is 13.2 Å². The fourth-order valence-corrected chi connectivity index (χ4v) is 4.06. The molecule has 5 atom stereocenters. The minimum absolute atomic E-state index is 0.251. The van der Waals surface area contributed by atoms with Gasteiger partial charge in [-0.05, 0) is 23.2 Å². The molecule has 27 heavy (non-hydrogen) atoms. The number of nitrogens with zero attached hydrogens (tertiary/aromatic N) is 3. The van der Waals surface area contributed by atoms with Crippen LogP contribution >= 0.6 is 11.8 Å². The third kappa shape index (κ3) is 5.01. The van der Waals surface area contributed by atoms with E-state index in [9.17, 15) is 10.2 Å². The van der Waals surface area contributed by atoms with Crippen LogP contribution in [0.15, 0.2) is 70.7 Å². The van der Waals surface area contributed by atoms with Crippen LogP contribution in [-0.4, -0.2) is 46.6 Å². The van der Waals surface area contributed by atoms with E-state index in [1.54, 1.807) is 0 Å². The Labute approximate surface area is 161 Å². The Morgan fingerprint density at radius 3 is 2.41 bits per heavy atom. The van der Waals surface area contributed by atoms with E-state index in [1.807, 2.05) is 60.7 Å². The fraction of sp³-hybridized carbons (Fsp3) is 0.368. The summed E-state index contributed by atoms with van der Waals surface area (Å²) in [6.07, 6.45) is -2.73. The van der Waals surface area contributed by atoms with Crippen molar-refractivity contribution in [2.45, 2.75) is 41.3 Å². The first-order chi connectivity index (χ1) is 13.2. The molecule has 0 bridgehead atoms. The van der Waals surface area contributed by atoms with Gasteiger partial charge in [-0.3, -0.25) is 0 Å². The average Bonchev–Trinajstić information content (AvgIpc) is 2.71. The Morgan fingerprint density at radius 2 is 1.78 bits per heavy atom. The third-order valence-electron chi connectivity index (χ3n) is 4.29. The van der Waals surface area contributed by atoms with Crippen LogP contribution in [0.5, 0.6) is 0 Å². The molecule has 0 radical (unpaired) electrons. The molecule has 142 valence electrons. The van der Waals surface area contributed by atoms with Crippen molar-refractivity contribution in [3.8, 4) is 0 Å². The highest BCUT2D eigenvalue weighted by molar-refractivity contribution is 7.99. The van der Waals surface area contributed by atoms with Crippen LogP contribution in [0.3, 0.4) is 0 Å². The zero-order chi connectivity index (χ0) is 19.1. The lowest BCUT2D eigenvalue weighted by atomic mass is 9.98. The minimum atomic E-state index is -1.11. The molecule has 2 N–H and O–H groups in total. The predicted molar refractivity (Wildman–Crippen MR) is 102 cm³/mol. The molecule has 7 nitrogen and oxygen atoms in total. The van der Waals surface area contributed by atoms with Crippen LogP contribution in [0, 0.1) is 0 Å². The van der Waals surface area contributed by atoms with Gasteiger partial charge in [0.2, 0.25) is 0 Å². The summed E-state index contributed by atoms with van der Waals surface area (Å²) in [4.78, 5) is 3.85. The van der Waals surface area contributed by atoms with E-state index < -0.39 is 29.8 Å². The lowest BCUT2D eigenvalue weighted by molar-refractivity contribution is -0.185. The Balaban J connectivity index is 1.81. The molecule has 8 heteroatoms. The van der Waals surface area contributed by atoms with Gasteiger partial charge in [0, 0.05) is 9.81 Å². The maximum atomic E-state index is 10.6. The summed E-state index contributed by atoms with van der Waals surface area (Å²) < 4.78 is 11.7. The molecule has 3 rings (SSSR count). The van der Waals surface area contributed by atoms with Crippen LogP contribution < -0.4 is 0 Å². The highest BCUT2D eigenvalue weighted by atomic mass is 32.2. The zero-order valence-electron chi connectivity index (χ0n) is 14.5. The number of benzene rings is 2. The lowest BCUT2D eigenvalue weighted by Gasteiger charge is -2.42. The van der Waals surface area contributed by atoms with Gasteiger partial charge in [-0.1, -0.05) is 65.4 Å². The molecule has 1 aliphatic rings. The van der Waals surface area contributed by atoms with Crippen molar-refractivity contribution >= 4 is 11.8 Å². The Bertz CT molecular complexity index is 758. The Morgan fingerprint density at radius 1 is 1.11 bits per heavy atom. The van der Waals surface area contributed by atoms with Crippen molar-refractivity contribution < 1.29 is 19.7 Å². The number of ether oxygens (including phenoxy) is 2. The van der Waals surface area contributed by atoms with Crippen LogP contribution in [0.25, 0.3) is 10.4 Å². The van der Waals surface area contributed by atoms with E-state index in [2.05, 4.69) is 10.0 Å². The van der Waals surface area contributed by atoms with Crippen molar-refractivity contribution in [2.24, 2.45) is 5.11 Å². The molecule has 2 aromatic rings. The number of aliphatic hydroxyl groups excluding tert-OH is 2. The standard InChI is InChI=1S/C19H21N3O4S/c20-22-21-16-18(25-12-13-7-3-1-4-8-13)17(24)15(11-23)26-19(16)27-14-9-5-2-6-10-14/h1-10,15-19,23-24H,11-12H2/t15-,16-,17+,18-,19+/m1/s1. The van der Waals surface area contributed by atoms with Gasteiger partial charge in [0.05, 0.1) is 19.3 Å². The normalized spacial score (nSPS) is 27.7. The number of thioether (sulfide) groups is 1. The summed E-state index contributed by atoms with van der Waals surface area (Å²) in [6, 6.07) is 18.3. The summed E-state index contributed by atoms with van der Waals surface area (Å²) in [5.41, 5.74) is 9.36. The van der Waals surface area contributed by atoms with Crippen LogP contribution in [0.4, 0.5) is 0 Å². The summed E-state index contributed by atoms with van der Waals surface area (Å²) in [5, 5.41) is 24.0. The summed E-state index contributed by atoms with van der Waals surface area (Å²) >= 11 is 1.37. The first-order valence-electron chi connectivity index (χ1n) is 8.58. The molecular formula is C19H21N3O4S. The van der Waals surface area contributed by atoms with Gasteiger partial charge >= 0.3 is 0 Å². The smallest absolute Gasteiger partial charge is 0.119 e. The second kappa shape index (κ2) is 9.75. The molecule has 0 aromatic heterocycles. The average molecular weight is 387 g/mol. The van der Waals surface area contributed by atoms with Gasteiger partial charge in [-0.2, -0.15) is 0 Å². The van der Waals surface area contributed by atoms with Crippen molar-refractivity contribution in [3.05, 3.63) is 76.7 Å². The van der Waals surface area contributed by atoms with Crippen molar-refractivity contribution in [3.63, 3.8) is 0 Å². The van der Waals surface area contributed by atoms with E-state index in [1.165, 1.54) is 11.8 Å². The Kier molecular flexibility index (Phi) is 7.11. The molecule has 0 aliphatic carbocycles. The Hall–Kier alpha value is -2.06. The molecule has 1 fully saturated rings. The summed E-state index contributed by atoms with van der Waals surface area (Å²) in [7, 11) is 0. The van der Waals surface area contributed by atoms with Gasteiger partial charge < -0.3 is 19.7 Å². The molecule has 1 saturated heterocycles. The van der Waals surface area contributed by atoms with E-state index in [4.69, 9.17) is 15.0 Å². The highest BCUT2D eigenvalue weighted by Gasteiger charge is 2.45. The largest absolute Gasteiger partial charge is 0.394 e. The van der Waals surface area contributed by atoms with Gasteiger partial charge in [-0.25, -0.2) is 0 Å². The zero-order valence-corrected chi connectivity index (χ0v) is 15.4. The molecule has 2 aromatic carbocycles. The lowest BCUT2D eigenvalue weighted by Crippen LogP contribution is -2.57. The summed E-state index contributed by atoms with van der Waals surface area (Å²) in [5.74, 6) is 0. The second-order valence-corrected chi connectivity index (χ2v) is 7.28. The van der Waals surface area contributed by atoms with E-state index in [0.717, 1.165) is 10.5 Å². The molecule has 1 aliphatic heterocycles. The van der Waals surface area contributed by atoms with Gasteiger partial charge in [0.25, 0.3) is 0 Å². The van der Waals surface area contributed by atoms with Crippen LogP contribution in [0.1, 0.15) is 5.56 Å². The highest BCUT2D eigenvalue weighted by Crippen LogP contribution is 2.36. The number of hydrogen-bond acceptors (Lipinski definition) is 6. The molecule has 1 heterocycles. The molecule has 0 amide bonds. The second-order valence-electron chi connectivity index (χ2n) is 6.10. The topological polar surface area (TPSA) is 108 Å². The monoisotopic (exact) mass is 387 g/mol. The fourth-order valence-electron chi connectivity index (χ4n) is 2.93. The van der Waals surface area contributed by atoms with Gasteiger partial charge in [0.1, 0.15) is 23.7 Å². The molecular weight excluding hydrogens is 366 g/mol. The van der Waals surface area contributed by atoms with Crippen LogP contribution in [-0.2, 0) is 16.1 Å². The number of aliphatic hydroxyl groups is 2. The van der Waals surface area contributed by atoms with Crippen molar-refractivity contribution in [1.29, 1.82) is 0 Å². The molecule has 0 unspecified atom stereocenters. The van der Waals surface area contributed by atoms with Crippen molar-refractivity contribution in [1.82, 2.24) is 0 Å². The predicted octanol–water partition coefficient (Wildman–Crippen LogP) is 3.12. The first kappa shape index (κ1) is 19.7. The van der Waals surface area contributed by atoms with Crippen molar-refractivity contribution in [2.75, 3.05) is 6.61 Å². The van der Waals surface area contributed by atoms with Gasteiger partial charge in [0.15, 0.2) is 0 Å². The quantitative estimate of drug-likeness (QED) is 0.431. The SMILES string of the molecule is [N-]=[N+]=N[C@@H]1[C@@H](OCc2ccccc2)[C@@H](O)[C@@H](CO)O[C@H]1Sc1ccccc1. The summed E-state index contributed by atoms with van der Waals surface area (Å²) in [6.45, 7) is -0.109. The van der Waals surface area contributed by atoms with E-state index in [0.29, 0.717) is 0 Å². The van der Waals surface area contributed by atoms with E-state index >= 15 is 0 Å². The minimum Gasteiger partial charge on any atom is -0.394 e. The molecule has 0 saturated carbocycles. The maximum absolute atomic E-state index is 10.6. The van der Waals surface area contributed by atoms with Crippen LogP contribution in [0.2, 0.25) is 0 Å².